The summed E-state index contributed by atoms with van der Waals surface area (Å²) in [5.74, 6) is 1.29. The zero-order valence-corrected chi connectivity index (χ0v) is 35.6. The Kier molecular flexibility index (Phi) is 14.0. The number of anilines is 4. The van der Waals surface area contributed by atoms with Gasteiger partial charge >= 0.3 is 24.4 Å². The molecular weight excluding hydrogens is 734 g/mol. The fourth-order valence-corrected chi connectivity index (χ4v) is 6.32. The monoisotopic (exact) mass is 797 g/mol. The maximum atomic E-state index is 13.0. The first-order chi connectivity index (χ1) is 26.3. The second kappa shape index (κ2) is 17.9. The number of amides is 4. The van der Waals surface area contributed by atoms with Crippen LogP contribution in [-0.4, -0.2) is 107 Å². The van der Waals surface area contributed by atoms with Crippen LogP contribution in [0.25, 0.3) is 0 Å². The summed E-state index contributed by atoms with van der Waals surface area (Å²) in [6, 6.07) is 9.51. The van der Waals surface area contributed by atoms with E-state index in [0.717, 1.165) is 5.69 Å². The highest BCUT2D eigenvalue weighted by molar-refractivity contribution is 5.71. The van der Waals surface area contributed by atoms with Crippen molar-refractivity contribution in [1.29, 1.82) is 0 Å². The van der Waals surface area contributed by atoms with Crippen LogP contribution >= 0.6 is 0 Å². The van der Waals surface area contributed by atoms with E-state index in [-0.39, 0.29) is 0 Å². The number of rotatable bonds is 8. The van der Waals surface area contributed by atoms with Crippen LogP contribution in [0.2, 0.25) is 0 Å². The number of nitrogens with zero attached hydrogens (tertiary/aromatic N) is 4. The lowest BCUT2D eigenvalue weighted by atomic mass is 10.0. The Labute approximate surface area is 336 Å². The number of hydrogen-bond donors (Lipinski definition) is 5. The molecule has 4 atom stereocenters. The van der Waals surface area contributed by atoms with Gasteiger partial charge in [0, 0.05) is 37.9 Å². The predicted octanol–water partition coefficient (Wildman–Crippen LogP) is 6.21. The summed E-state index contributed by atoms with van der Waals surface area (Å²) in [5.41, 5.74) is -2.08. The van der Waals surface area contributed by atoms with Gasteiger partial charge in [0.1, 0.15) is 34.0 Å². The molecule has 17 nitrogen and oxygen atoms in total. The molecule has 2 aliphatic rings. The highest BCUT2D eigenvalue weighted by Crippen LogP contribution is 2.28. The SMILES string of the molecule is CC(C)(C)OC(=O)NC1CC(NC(=O)OC(C)(C)C)CN(c2cc(Nc3ccccc3)nc(N3CC(NC(=O)OC(C)(C)C)CC(NC(=O)OC(C)(C)C)C3)n2)C1. The van der Waals surface area contributed by atoms with Gasteiger partial charge in [0.05, 0.1) is 24.2 Å². The number of ether oxygens (including phenoxy) is 4. The summed E-state index contributed by atoms with van der Waals surface area (Å²) < 4.78 is 22.3. The molecule has 1 aromatic carbocycles. The molecule has 4 unspecified atom stereocenters. The zero-order valence-electron chi connectivity index (χ0n) is 35.6. The third kappa shape index (κ3) is 16.0. The highest BCUT2D eigenvalue weighted by Gasteiger charge is 2.36. The van der Waals surface area contributed by atoms with Crippen molar-refractivity contribution in [2.75, 3.05) is 41.3 Å². The lowest BCUT2D eigenvalue weighted by Gasteiger charge is -2.40. The van der Waals surface area contributed by atoms with Crippen molar-refractivity contribution < 1.29 is 38.1 Å². The quantitative estimate of drug-likeness (QED) is 0.189. The van der Waals surface area contributed by atoms with Crippen LogP contribution in [-0.2, 0) is 18.9 Å². The van der Waals surface area contributed by atoms with Crippen LogP contribution in [0.15, 0.2) is 36.4 Å². The van der Waals surface area contributed by atoms with E-state index in [1.54, 1.807) is 89.2 Å². The number of nitrogens with one attached hydrogen (secondary N) is 5. The van der Waals surface area contributed by atoms with E-state index in [2.05, 4.69) is 26.6 Å². The Morgan fingerprint density at radius 2 is 0.895 bits per heavy atom. The van der Waals surface area contributed by atoms with Gasteiger partial charge in [0.2, 0.25) is 5.95 Å². The summed E-state index contributed by atoms with van der Waals surface area (Å²) in [4.78, 5) is 65.8. The molecule has 316 valence electrons. The molecule has 2 aromatic rings. The van der Waals surface area contributed by atoms with Crippen molar-refractivity contribution in [3.05, 3.63) is 36.4 Å². The minimum atomic E-state index is -0.719. The molecule has 0 saturated carbocycles. The third-order valence-corrected chi connectivity index (χ3v) is 8.14. The molecular formula is C40H63N9O8. The number of para-hydroxylation sites is 1. The van der Waals surface area contributed by atoms with E-state index in [4.69, 9.17) is 28.9 Å². The van der Waals surface area contributed by atoms with Crippen LogP contribution in [0.5, 0.6) is 0 Å². The van der Waals surface area contributed by atoms with Gasteiger partial charge in [-0.05, 0) is 108 Å². The number of alkyl carbamates (subject to hydrolysis) is 4. The smallest absolute Gasteiger partial charge is 0.407 e. The Morgan fingerprint density at radius 1 is 0.544 bits per heavy atom. The normalized spacial score (nSPS) is 20.4. The summed E-state index contributed by atoms with van der Waals surface area (Å²) in [7, 11) is 0. The standard InChI is InChI=1S/C40H63N9O8/c1-37(2,3)54-33(50)42-26-18-27(43-34(51)55-38(4,5)6)22-48(21-26)31-20-30(41-25-16-14-13-15-17-25)46-32(47-31)49-23-28(44-35(52)56-39(7,8)9)19-29(24-49)45-36(53)57-40(10,11)12/h13-17,20,26-29H,18-19,21-24H2,1-12H3,(H,42,50)(H,43,51)(H,44,52)(H,45,53)(H,41,46,47). The summed E-state index contributed by atoms with van der Waals surface area (Å²) in [6.45, 7) is 22.7. The maximum Gasteiger partial charge on any atom is 0.407 e. The molecule has 1 aromatic heterocycles. The van der Waals surface area contributed by atoms with Gasteiger partial charge in [-0.2, -0.15) is 9.97 Å². The van der Waals surface area contributed by atoms with Crippen LogP contribution in [0.1, 0.15) is 95.9 Å². The van der Waals surface area contributed by atoms with Crippen LogP contribution < -0.4 is 36.4 Å². The number of benzene rings is 1. The maximum absolute atomic E-state index is 13.0. The number of hydrogen-bond acceptors (Lipinski definition) is 13. The van der Waals surface area contributed by atoms with Crippen LogP contribution in [0.4, 0.5) is 42.4 Å². The first kappa shape index (κ1) is 44.5. The Hall–Kier alpha value is -5.22. The molecule has 5 N–H and O–H groups in total. The molecule has 4 rings (SSSR count). The van der Waals surface area contributed by atoms with Crippen LogP contribution in [0.3, 0.4) is 0 Å². The van der Waals surface area contributed by atoms with E-state index in [1.807, 2.05) is 40.1 Å². The molecule has 0 radical (unpaired) electrons. The number of carbonyl (C=O) groups excluding carboxylic acids is 4. The summed E-state index contributed by atoms with van der Waals surface area (Å²) in [5, 5.41) is 15.2. The lowest BCUT2D eigenvalue weighted by Crippen LogP contribution is -2.59. The second-order valence-corrected chi connectivity index (χ2v) is 18.6. The van der Waals surface area contributed by atoms with Gasteiger partial charge in [0.25, 0.3) is 0 Å². The molecule has 4 amide bonds. The van der Waals surface area contributed by atoms with E-state index < -0.39 is 70.9 Å². The number of piperidine rings is 2. The minimum Gasteiger partial charge on any atom is -0.444 e. The highest BCUT2D eigenvalue weighted by atomic mass is 16.6. The van der Waals surface area contributed by atoms with E-state index in [0.29, 0.717) is 56.6 Å². The molecule has 0 spiro atoms. The van der Waals surface area contributed by atoms with E-state index >= 15 is 0 Å². The fraction of sp³-hybridized carbons (Fsp3) is 0.650. The molecule has 0 aliphatic carbocycles. The molecule has 3 heterocycles. The van der Waals surface area contributed by atoms with Crippen molar-refractivity contribution in [2.45, 2.75) is 142 Å². The predicted molar refractivity (Wildman–Crippen MR) is 218 cm³/mol. The molecule has 2 saturated heterocycles. The Morgan fingerprint density at radius 3 is 1.25 bits per heavy atom. The Balaban J connectivity index is 1.72. The van der Waals surface area contributed by atoms with Gasteiger partial charge < -0.3 is 55.3 Å². The summed E-state index contributed by atoms with van der Waals surface area (Å²) in [6.07, 6.45) is -1.55. The number of carbonyl (C=O) groups is 4. The van der Waals surface area contributed by atoms with Crippen LogP contribution in [0, 0.1) is 0 Å². The first-order valence-electron chi connectivity index (χ1n) is 19.5. The van der Waals surface area contributed by atoms with Crippen molar-refractivity contribution in [3.63, 3.8) is 0 Å². The molecule has 17 heteroatoms. The lowest BCUT2D eigenvalue weighted by molar-refractivity contribution is 0.0452. The molecule has 2 aliphatic heterocycles. The average Bonchev–Trinajstić information content (AvgIpc) is 3.01. The zero-order chi connectivity index (χ0) is 42.3. The third-order valence-electron chi connectivity index (χ3n) is 8.14. The van der Waals surface area contributed by atoms with Crippen molar-refractivity contribution in [2.24, 2.45) is 0 Å². The van der Waals surface area contributed by atoms with Gasteiger partial charge in [-0.25, -0.2) is 19.2 Å². The average molecular weight is 798 g/mol. The number of aromatic nitrogens is 2. The van der Waals surface area contributed by atoms with Crippen molar-refractivity contribution in [3.8, 4) is 0 Å². The van der Waals surface area contributed by atoms with E-state index in [1.165, 1.54) is 0 Å². The first-order valence-corrected chi connectivity index (χ1v) is 19.5. The second-order valence-electron chi connectivity index (χ2n) is 18.6. The molecule has 0 bridgehead atoms. The van der Waals surface area contributed by atoms with Crippen molar-refractivity contribution in [1.82, 2.24) is 31.2 Å². The van der Waals surface area contributed by atoms with Gasteiger partial charge in [-0.3, -0.25) is 0 Å². The molecule has 57 heavy (non-hydrogen) atoms. The minimum absolute atomic E-state index is 0.297. The summed E-state index contributed by atoms with van der Waals surface area (Å²) >= 11 is 0. The van der Waals surface area contributed by atoms with E-state index in [9.17, 15) is 19.2 Å². The molecule has 2 fully saturated rings. The van der Waals surface area contributed by atoms with Crippen molar-refractivity contribution >= 4 is 47.6 Å². The van der Waals surface area contributed by atoms with Gasteiger partial charge in [0.15, 0.2) is 0 Å². The topological polar surface area (TPSA) is 198 Å². The largest absolute Gasteiger partial charge is 0.444 e. The van der Waals surface area contributed by atoms with Gasteiger partial charge in [-0.1, -0.05) is 18.2 Å². The fourth-order valence-electron chi connectivity index (χ4n) is 6.32. The Bertz CT molecular complexity index is 1520. The van der Waals surface area contributed by atoms with Gasteiger partial charge in [-0.15, -0.1) is 0 Å².